The zero-order chi connectivity index (χ0) is 21.1. The number of amides is 1. The average Bonchev–Trinajstić information content (AvgIpc) is 3.16. The van der Waals surface area contributed by atoms with Crippen LogP contribution < -0.4 is 10.2 Å². The van der Waals surface area contributed by atoms with Crippen molar-refractivity contribution in [3.05, 3.63) is 77.4 Å². The fourth-order valence-electron chi connectivity index (χ4n) is 3.72. The van der Waals surface area contributed by atoms with E-state index in [0.717, 1.165) is 43.2 Å². The molecule has 1 fully saturated rings. The van der Waals surface area contributed by atoms with E-state index in [0.29, 0.717) is 11.3 Å². The molecule has 0 spiro atoms. The van der Waals surface area contributed by atoms with Gasteiger partial charge in [-0.1, -0.05) is 6.07 Å². The molecule has 2 aromatic carbocycles. The fourth-order valence-corrected chi connectivity index (χ4v) is 3.72. The highest BCUT2D eigenvalue weighted by Gasteiger charge is 2.18. The highest BCUT2D eigenvalue weighted by atomic mass is 19.1. The van der Waals surface area contributed by atoms with Crippen molar-refractivity contribution in [3.8, 4) is 5.69 Å². The summed E-state index contributed by atoms with van der Waals surface area (Å²) in [6.07, 6.45) is 1.71. The van der Waals surface area contributed by atoms with Gasteiger partial charge in [-0.25, -0.2) is 9.07 Å². The molecule has 30 heavy (non-hydrogen) atoms. The van der Waals surface area contributed by atoms with Crippen molar-refractivity contribution in [2.45, 2.75) is 19.9 Å². The van der Waals surface area contributed by atoms with Crippen molar-refractivity contribution in [2.75, 3.05) is 31.2 Å². The van der Waals surface area contributed by atoms with Crippen molar-refractivity contribution in [2.24, 2.45) is 0 Å². The van der Waals surface area contributed by atoms with Crippen LogP contribution in [0.1, 0.15) is 34.6 Å². The first-order chi connectivity index (χ1) is 14.5. The largest absolute Gasteiger partial charge is 0.378 e. The number of morpholine rings is 1. The Hall–Kier alpha value is -3.19. The summed E-state index contributed by atoms with van der Waals surface area (Å²) in [6, 6.07) is 13.7. The molecule has 1 amide bonds. The number of ether oxygens (including phenoxy) is 1. The first kappa shape index (κ1) is 20.1. The van der Waals surface area contributed by atoms with Gasteiger partial charge in [-0.05, 0) is 56.3 Å². The quantitative estimate of drug-likeness (QED) is 0.700. The lowest BCUT2D eigenvalue weighted by atomic mass is 10.1. The van der Waals surface area contributed by atoms with E-state index < -0.39 is 0 Å². The number of aromatic nitrogens is 2. The number of hydrogen-bond acceptors (Lipinski definition) is 4. The summed E-state index contributed by atoms with van der Waals surface area (Å²) >= 11 is 0. The molecular formula is C23H25FN4O2. The molecule has 7 heteroatoms. The number of carbonyl (C=O) groups excluding carboxylic acids is 1. The van der Waals surface area contributed by atoms with Crippen LogP contribution in [0, 0.1) is 12.7 Å². The highest BCUT2D eigenvalue weighted by molar-refractivity contribution is 5.94. The lowest BCUT2D eigenvalue weighted by molar-refractivity contribution is 0.0939. The average molecular weight is 408 g/mol. The van der Waals surface area contributed by atoms with Gasteiger partial charge in [0.1, 0.15) is 5.82 Å². The molecule has 0 saturated carbocycles. The summed E-state index contributed by atoms with van der Waals surface area (Å²) in [6.45, 7) is 6.99. The van der Waals surface area contributed by atoms with E-state index in [9.17, 15) is 9.18 Å². The SMILES string of the molecule is Cc1c([C@@H](C)NC(=O)c2ccc(N3CCOCC3)cc2)cnn1-c1cccc(F)c1. The first-order valence-electron chi connectivity index (χ1n) is 10.1. The van der Waals surface area contributed by atoms with E-state index in [1.54, 1.807) is 23.0 Å². The molecule has 0 unspecified atom stereocenters. The van der Waals surface area contributed by atoms with E-state index in [1.165, 1.54) is 12.1 Å². The number of halogens is 1. The number of nitrogens with one attached hydrogen (secondary N) is 1. The van der Waals surface area contributed by atoms with E-state index in [1.807, 2.05) is 38.1 Å². The maximum absolute atomic E-state index is 13.5. The molecule has 1 atom stereocenters. The Morgan fingerprint density at radius 3 is 2.57 bits per heavy atom. The molecule has 1 saturated heterocycles. The van der Waals surface area contributed by atoms with Gasteiger partial charge in [0.15, 0.2) is 0 Å². The molecule has 1 N–H and O–H groups in total. The number of carbonyl (C=O) groups is 1. The molecular weight excluding hydrogens is 383 g/mol. The third kappa shape index (κ3) is 4.21. The smallest absolute Gasteiger partial charge is 0.251 e. The Kier molecular flexibility index (Phi) is 5.81. The van der Waals surface area contributed by atoms with Gasteiger partial charge in [0.25, 0.3) is 5.91 Å². The molecule has 156 valence electrons. The third-order valence-electron chi connectivity index (χ3n) is 5.42. The summed E-state index contributed by atoms with van der Waals surface area (Å²) in [7, 11) is 0. The maximum Gasteiger partial charge on any atom is 0.251 e. The van der Waals surface area contributed by atoms with Crippen LogP contribution in [0.2, 0.25) is 0 Å². The Bertz CT molecular complexity index is 1030. The summed E-state index contributed by atoms with van der Waals surface area (Å²) in [5.74, 6) is -0.459. The number of benzene rings is 2. The van der Waals surface area contributed by atoms with Crippen LogP contribution in [-0.2, 0) is 4.74 Å². The van der Waals surface area contributed by atoms with Gasteiger partial charge < -0.3 is 15.0 Å². The Morgan fingerprint density at radius 1 is 1.13 bits per heavy atom. The molecule has 4 rings (SSSR count). The second-order valence-electron chi connectivity index (χ2n) is 7.42. The summed E-state index contributed by atoms with van der Waals surface area (Å²) in [5, 5.41) is 7.40. The minimum absolute atomic E-state index is 0.145. The van der Waals surface area contributed by atoms with E-state index >= 15 is 0 Å². The predicted octanol–water partition coefficient (Wildman–Crippen LogP) is 3.65. The van der Waals surface area contributed by atoms with Crippen LogP contribution in [0.15, 0.2) is 54.7 Å². The lowest BCUT2D eigenvalue weighted by Crippen LogP contribution is -2.36. The molecule has 2 heterocycles. The predicted molar refractivity (Wildman–Crippen MR) is 114 cm³/mol. The molecule has 1 aliphatic heterocycles. The van der Waals surface area contributed by atoms with Gasteiger partial charge in [-0.15, -0.1) is 0 Å². The van der Waals surface area contributed by atoms with Crippen LogP contribution in [-0.4, -0.2) is 42.0 Å². The number of anilines is 1. The molecule has 0 aliphatic carbocycles. The van der Waals surface area contributed by atoms with E-state index in [-0.39, 0.29) is 17.8 Å². The molecule has 1 aliphatic rings. The fraction of sp³-hybridized carbons (Fsp3) is 0.304. The van der Waals surface area contributed by atoms with Gasteiger partial charge in [-0.3, -0.25) is 4.79 Å². The topological polar surface area (TPSA) is 59.4 Å². The molecule has 0 bridgehead atoms. The van der Waals surface area contributed by atoms with Crippen LogP contribution in [0.3, 0.4) is 0 Å². The van der Waals surface area contributed by atoms with Crippen molar-refractivity contribution in [1.82, 2.24) is 15.1 Å². The van der Waals surface area contributed by atoms with Gasteiger partial charge in [0, 0.05) is 35.6 Å². The van der Waals surface area contributed by atoms with Crippen LogP contribution in [0.4, 0.5) is 10.1 Å². The van der Waals surface area contributed by atoms with Crippen molar-refractivity contribution >= 4 is 11.6 Å². The Labute approximate surface area is 175 Å². The van der Waals surface area contributed by atoms with Gasteiger partial charge in [0.2, 0.25) is 0 Å². The number of nitrogens with zero attached hydrogens (tertiary/aromatic N) is 3. The molecule has 3 aromatic rings. The maximum atomic E-state index is 13.5. The van der Waals surface area contributed by atoms with Crippen LogP contribution in [0.5, 0.6) is 0 Å². The second-order valence-corrected chi connectivity index (χ2v) is 7.42. The number of rotatable bonds is 5. The number of hydrogen-bond donors (Lipinski definition) is 1. The van der Waals surface area contributed by atoms with E-state index in [4.69, 9.17) is 4.74 Å². The van der Waals surface area contributed by atoms with Gasteiger partial charge in [0.05, 0.1) is 31.1 Å². The van der Waals surface area contributed by atoms with Gasteiger partial charge in [-0.2, -0.15) is 5.10 Å². The normalized spacial score (nSPS) is 15.1. The Balaban J connectivity index is 1.45. The zero-order valence-corrected chi connectivity index (χ0v) is 17.1. The molecule has 6 nitrogen and oxygen atoms in total. The van der Waals surface area contributed by atoms with Crippen molar-refractivity contribution in [3.63, 3.8) is 0 Å². The third-order valence-corrected chi connectivity index (χ3v) is 5.42. The monoisotopic (exact) mass is 408 g/mol. The minimum atomic E-state index is -0.314. The lowest BCUT2D eigenvalue weighted by Gasteiger charge is -2.28. The van der Waals surface area contributed by atoms with Crippen molar-refractivity contribution in [1.29, 1.82) is 0 Å². The minimum Gasteiger partial charge on any atom is -0.378 e. The zero-order valence-electron chi connectivity index (χ0n) is 17.1. The van der Waals surface area contributed by atoms with Crippen LogP contribution >= 0.6 is 0 Å². The van der Waals surface area contributed by atoms with Crippen molar-refractivity contribution < 1.29 is 13.9 Å². The van der Waals surface area contributed by atoms with Gasteiger partial charge >= 0.3 is 0 Å². The standard InChI is InChI=1S/C23H25FN4O2/c1-16(22-15-25-28(17(22)2)21-5-3-4-19(24)14-21)26-23(29)18-6-8-20(9-7-18)27-10-12-30-13-11-27/h3-9,14-16H,10-13H2,1-2H3,(H,26,29)/t16-/m1/s1. The first-order valence-corrected chi connectivity index (χ1v) is 10.1. The summed E-state index contributed by atoms with van der Waals surface area (Å²) < 4.78 is 20.6. The Morgan fingerprint density at radius 2 is 1.87 bits per heavy atom. The summed E-state index contributed by atoms with van der Waals surface area (Å²) in [5.41, 5.74) is 4.09. The van der Waals surface area contributed by atoms with Crippen LogP contribution in [0.25, 0.3) is 5.69 Å². The van der Waals surface area contributed by atoms with E-state index in [2.05, 4.69) is 15.3 Å². The second kappa shape index (κ2) is 8.67. The highest BCUT2D eigenvalue weighted by Crippen LogP contribution is 2.22. The molecule has 0 radical (unpaired) electrons. The summed E-state index contributed by atoms with van der Waals surface area (Å²) in [4.78, 5) is 15.0. The molecule has 1 aromatic heterocycles.